The van der Waals surface area contributed by atoms with E-state index in [1.54, 1.807) is 12.1 Å². The molecule has 4 unspecified atom stereocenters. The molecular weight excluding hydrogens is 265 g/mol. The Hall–Kier alpha value is -0.970. The van der Waals surface area contributed by atoms with Gasteiger partial charge in [0.2, 0.25) is 0 Å². The second-order valence-electron chi connectivity index (χ2n) is 6.53. The molecule has 3 nitrogen and oxygen atoms in total. The highest BCUT2D eigenvalue weighted by atomic mass is 19.1. The van der Waals surface area contributed by atoms with Crippen molar-refractivity contribution in [2.45, 2.75) is 38.4 Å². The van der Waals surface area contributed by atoms with E-state index in [9.17, 15) is 4.39 Å². The second kappa shape index (κ2) is 6.86. The summed E-state index contributed by atoms with van der Waals surface area (Å²) >= 11 is 0. The first-order valence-corrected chi connectivity index (χ1v) is 7.85. The van der Waals surface area contributed by atoms with Gasteiger partial charge < -0.3 is 10.6 Å². The van der Waals surface area contributed by atoms with Gasteiger partial charge in [0.1, 0.15) is 5.82 Å². The van der Waals surface area contributed by atoms with Crippen LogP contribution in [0.1, 0.15) is 31.9 Å². The van der Waals surface area contributed by atoms with Crippen molar-refractivity contribution in [3.63, 3.8) is 0 Å². The maximum atomic E-state index is 13.6. The zero-order valence-electron chi connectivity index (χ0n) is 13.6. The van der Waals surface area contributed by atoms with Gasteiger partial charge in [-0.15, -0.1) is 0 Å². The van der Waals surface area contributed by atoms with Crippen LogP contribution in [0.15, 0.2) is 24.3 Å². The van der Waals surface area contributed by atoms with Gasteiger partial charge in [-0.25, -0.2) is 4.39 Å². The molecule has 0 radical (unpaired) electrons. The predicted octanol–water partition coefficient (Wildman–Crippen LogP) is 2.49. The number of likely N-dealkylation sites (N-methyl/N-ethyl adjacent to an activating group) is 1. The molecule has 2 rings (SSSR count). The molecule has 4 atom stereocenters. The highest BCUT2D eigenvalue weighted by molar-refractivity contribution is 5.22. The number of hydrogen-bond acceptors (Lipinski definition) is 3. The maximum absolute atomic E-state index is 13.6. The molecule has 4 heteroatoms. The van der Waals surface area contributed by atoms with E-state index in [2.05, 4.69) is 37.7 Å². The highest BCUT2D eigenvalue weighted by Gasteiger charge is 2.37. The molecule has 1 fully saturated rings. The van der Waals surface area contributed by atoms with Gasteiger partial charge in [-0.3, -0.25) is 4.90 Å². The van der Waals surface area contributed by atoms with Gasteiger partial charge in [0.25, 0.3) is 0 Å². The van der Waals surface area contributed by atoms with Crippen molar-refractivity contribution in [2.24, 2.45) is 11.7 Å². The lowest BCUT2D eigenvalue weighted by molar-refractivity contribution is 0.189. The molecule has 0 spiro atoms. The summed E-state index contributed by atoms with van der Waals surface area (Å²) in [5, 5.41) is 0. The van der Waals surface area contributed by atoms with Gasteiger partial charge >= 0.3 is 0 Å². The third kappa shape index (κ3) is 3.62. The third-order valence-electron chi connectivity index (χ3n) is 4.72. The number of benzene rings is 1. The normalized spacial score (nSPS) is 26.2. The number of nitrogens with two attached hydrogens (primary N) is 1. The number of likely N-dealkylation sites (tertiary alicyclic amines) is 1. The molecule has 0 amide bonds. The molecule has 0 aromatic heterocycles. The third-order valence-corrected chi connectivity index (χ3v) is 4.72. The van der Waals surface area contributed by atoms with E-state index in [-0.39, 0.29) is 17.9 Å². The van der Waals surface area contributed by atoms with Crippen LogP contribution in [0.3, 0.4) is 0 Å². The fraction of sp³-hybridized carbons (Fsp3) is 0.647. The number of halogens is 1. The van der Waals surface area contributed by atoms with Crippen molar-refractivity contribution >= 4 is 0 Å². The molecule has 1 aliphatic heterocycles. The minimum atomic E-state index is -0.183. The Kier molecular flexibility index (Phi) is 5.36. The fourth-order valence-corrected chi connectivity index (χ4v) is 3.53. The van der Waals surface area contributed by atoms with Crippen LogP contribution in [0.25, 0.3) is 0 Å². The average molecular weight is 293 g/mol. The Morgan fingerprint density at radius 3 is 2.62 bits per heavy atom. The van der Waals surface area contributed by atoms with Gasteiger partial charge in [0, 0.05) is 25.2 Å². The molecule has 0 bridgehead atoms. The van der Waals surface area contributed by atoms with E-state index in [0.717, 1.165) is 25.1 Å². The van der Waals surface area contributed by atoms with Crippen LogP contribution in [0.2, 0.25) is 0 Å². The van der Waals surface area contributed by atoms with E-state index >= 15 is 0 Å². The lowest BCUT2D eigenvalue weighted by Gasteiger charge is -2.33. The maximum Gasteiger partial charge on any atom is 0.123 e. The summed E-state index contributed by atoms with van der Waals surface area (Å²) < 4.78 is 13.6. The number of rotatable bonds is 5. The van der Waals surface area contributed by atoms with Crippen LogP contribution in [0, 0.1) is 11.7 Å². The minimum Gasteiger partial charge on any atom is -0.326 e. The Morgan fingerprint density at radius 1 is 1.38 bits per heavy atom. The first-order valence-electron chi connectivity index (χ1n) is 7.85. The van der Waals surface area contributed by atoms with Crippen molar-refractivity contribution in [1.82, 2.24) is 9.80 Å². The molecule has 21 heavy (non-hydrogen) atoms. The topological polar surface area (TPSA) is 32.5 Å². The van der Waals surface area contributed by atoms with E-state index < -0.39 is 0 Å². The SMILES string of the molecule is CCC(N)C(c1cccc(F)c1)N1CC(C)C(N(C)C)C1. The molecule has 2 N–H and O–H groups in total. The summed E-state index contributed by atoms with van der Waals surface area (Å²) in [4.78, 5) is 4.71. The van der Waals surface area contributed by atoms with Gasteiger partial charge in [0.05, 0.1) is 6.04 Å². The van der Waals surface area contributed by atoms with Crippen LogP contribution in [0.5, 0.6) is 0 Å². The Balaban J connectivity index is 2.26. The lowest BCUT2D eigenvalue weighted by atomic mass is 9.96. The van der Waals surface area contributed by atoms with Crippen molar-refractivity contribution in [1.29, 1.82) is 0 Å². The minimum absolute atomic E-state index is 0.0277. The van der Waals surface area contributed by atoms with Gasteiger partial charge in [0.15, 0.2) is 0 Å². The van der Waals surface area contributed by atoms with E-state index in [4.69, 9.17) is 5.73 Å². The predicted molar refractivity (Wildman–Crippen MR) is 85.6 cm³/mol. The van der Waals surface area contributed by atoms with Crippen molar-refractivity contribution in [3.05, 3.63) is 35.6 Å². The fourth-order valence-electron chi connectivity index (χ4n) is 3.53. The summed E-state index contributed by atoms with van der Waals surface area (Å²) in [5.74, 6) is 0.414. The Bertz CT molecular complexity index is 463. The molecule has 0 aliphatic carbocycles. The first-order chi connectivity index (χ1) is 9.93. The molecule has 118 valence electrons. The summed E-state index contributed by atoms with van der Waals surface area (Å²) in [7, 11) is 4.25. The van der Waals surface area contributed by atoms with Crippen molar-refractivity contribution < 1.29 is 4.39 Å². The summed E-state index contributed by atoms with van der Waals surface area (Å²) in [6, 6.07) is 7.56. The van der Waals surface area contributed by atoms with Crippen LogP contribution >= 0.6 is 0 Å². The van der Waals surface area contributed by atoms with Crippen LogP contribution in [0.4, 0.5) is 4.39 Å². The largest absolute Gasteiger partial charge is 0.326 e. The smallest absolute Gasteiger partial charge is 0.123 e. The molecule has 1 saturated heterocycles. The quantitative estimate of drug-likeness (QED) is 0.905. The molecule has 0 saturated carbocycles. The van der Waals surface area contributed by atoms with Crippen LogP contribution in [-0.2, 0) is 0 Å². The standard InChI is InChI=1S/C17H28FN3/c1-5-15(19)17(13-7-6-8-14(18)9-13)21-10-12(2)16(11-21)20(3)4/h6-9,12,15-17H,5,10-11,19H2,1-4H3. The Labute approximate surface area is 127 Å². The number of hydrogen-bond donors (Lipinski definition) is 1. The van der Waals surface area contributed by atoms with Gasteiger partial charge in [-0.2, -0.15) is 0 Å². The zero-order valence-corrected chi connectivity index (χ0v) is 13.6. The van der Waals surface area contributed by atoms with Crippen molar-refractivity contribution in [3.8, 4) is 0 Å². The summed E-state index contributed by atoms with van der Waals surface area (Å²) in [6.45, 7) is 6.38. The molecule has 1 heterocycles. The first kappa shape index (κ1) is 16.4. The van der Waals surface area contributed by atoms with Gasteiger partial charge in [-0.05, 0) is 44.1 Å². The van der Waals surface area contributed by atoms with E-state index in [0.29, 0.717) is 12.0 Å². The second-order valence-corrected chi connectivity index (χ2v) is 6.53. The van der Waals surface area contributed by atoms with Crippen molar-refractivity contribution in [2.75, 3.05) is 27.2 Å². The Morgan fingerprint density at radius 2 is 2.10 bits per heavy atom. The summed E-state index contributed by atoms with van der Waals surface area (Å²) in [6.07, 6.45) is 0.888. The molecular formula is C17H28FN3. The molecule has 1 aromatic carbocycles. The van der Waals surface area contributed by atoms with Crippen LogP contribution in [-0.4, -0.2) is 49.1 Å². The lowest BCUT2D eigenvalue weighted by Crippen LogP contribution is -2.41. The average Bonchev–Trinajstić information content (AvgIpc) is 2.81. The van der Waals surface area contributed by atoms with E-state index in [1.807, 2.05) is 6.07 Å². The van der Waals surface area contributed by atoms with Gasteiger partial charge in [-0.1, -0.05) is 26.0 Å². The monoisotopic (exact) mass is 293 g/mol. The zero-order chi connectivity index (χ0) is 15.6. The van der Waals surface area contributed by atoms with E-state index in [1.165, 1.54) is 6.07 Å². The van der Waals surface area contributed by atoms with Crippen LogP contribution < -0.4 is 5.73 Å². The number of nitrogens with zero attached hydrogens (tertiary/aromatic N) is 2. The molecule has 1 aromatic rings. The highest BCUT2D eigenvalue weighted by Crippen LogP contribution is 2.32. The molecule has 1 aliphatic rings. The summed E-state index contributed by atoms with van der Waals surface area (Å²) in [5.41, 5.74) is 7.36.